The molecule has 3 nitrogen and oxygen atoms in total. The summed E-state index contributed by atoms with van der Waals surface area (Å²) in [6.45, 7) is 4.23. The van der Waals surface area contributed by atoms with Gasteiger partial charge in [0.25, 0.3) is 0 Å². The topological polar surface area (TPSA) is 41.1 Å². The summed E-state index contributed by atoms with van der Waals surface area (Å²) in [4.78, 5) is 12.5. The van der Waals surface area contributed by atoms with Crippen molar-refractivity contribution in [3.05, 3.63) is 28.2 Å². The summed E-state index contributed by atoms with van der Waals surface area (Å²) in [5, 5.41) is 6.52. The van der Waals surface area contributed by atoms with Gasteiger partial charge in [0.05, 0.1) is 0 Å². The summed E-state index contributed by atoms with van der Waals surface area (Å²) in [7, 11) is 0. The fourth-order valence-electron chi connectivity index (χ4n) is 3.39. The predicted molar refractivity (Wildman–Crippen MR) is 92.0 cm³/mol. The maximum absolute atomic E-state index is 12.5. The van der Waals surface area contributed by atoms with Gasteiger partial charge in [0, 0.05) is 16.1 Å². The standard InChI is InChI=1S/C16H21BrN2O.ClH/c1-2-11-9-12(17)3-4-14(11)19-15(20)13-10-16(13)5-7-18-8-6-16;/h3-4,9,13,18H,2,5-8,10H2,1H3,(H,19,20);1H. The Hall–Kier alpha value is -0.580. The molecule has 1 atom stereocenters. The van der Waals surface area contributed by atoms with Crippen LogP contribution in [-0.2, 0) is 11.2 Å². The number of hydrogen-bond acceptors (Lipinski definition) is 2. The molecule has 2 N–H and O–H groups in total. The van der Waals surface area contributed by atoms with Gasteiger partial charge in [0.1, 0.15) is 0 Å². The van der Waals surface area contributed by atoms with Crippen LogP contribution in [0.2, 0.25) is 0 Å². The van der Waals surface area contributed by atoms with E-state index in [1.165, 1.54) is 5.56 Å². The normalized spacial score (nSPS) is 22.5. The first-order valence-electron chi connectivity index (χ1n) is 7.45. The van der Waals surface area contributed by atoms with Crippen LogP contribution in [0.1, 0.15) is 31.7 Å². The lowest BCUT2D eigenvalue weighted by Crippen LogP contribution is -2.31. The average molecular weight is 374 g/mol. The number of carbonyl (C=O) groups is 1. The van der Waals surface area contributed by atoms with Gasteiger partial charge in [-0.1, -0.05) is 22.9 Å². The lowest BCUT2D eigenvalue weighted by atomic mass is 9.91. The van der Waals surface area contributed by atoms with Crippen LogP contribution in [0, 0.1) is 11.3 Å². The molecule has 1 aromatic rings. The molecular formula is C16H22BrClN2O. The van der Waals surface area contributed by atoms with Crippen LogP contribution in [0.4, 0.5) is 5.69 Å². The fourth-order valence-corrected chi connectivity index (χ4v) is 3.80. The van der Waals surface area contributed by atoms with Crippen molar-refractivity contribution in [2.45, 2.75) is 32.6 Å². The van der Waals surface area contributed by atoms with Crippen molar-refractivity contribution in [1.82, 2.24) is 5.32 Å². The van der Waals surface area contributed by atoms with E-state index in [9.17, 15) is 4.79 Å². The number of benzene rings is 1. The molecule has 2 aliphatic rings. The molecular weight excluding hydrogens is 352 g/mol. The molecule has 1 aromatic carbocycles. The van der Waals surface area contributed by atoms with Gasteiger partial charge in [-0.05, 0) is 68.0 Å². The fraction of sp³-hybridized carbons (Fsp3) is 0.562. The first kappa shape index (κ1) is 16.8. The van der Waals surface area contributed by atoms with E-state index in [0.717, 1.165) is 48.9 Å². The zero-order chi connectivity index (χ0) is 14.2. The molecule has 116 valence electrons. The number of amides is 1. The molecule has 1 saturated carbocycles. The summed E-state index contributed by atoms with van der Waals surface area (Å²) in [5.41, 5.74) is 2.46. The molecule has 1 amide bonds. The van der Waals surface area contributed by atoms with Crippen molar-refractivity contribution in [2.75, 3.05) is 18.4 Å². The molecule has 5 heteroatoms. The van der Waals surface area contributed by atoms with E-state index in [4.69, 9.17) is 0 Å². The summed E-state index contributed by atoms with van der Waals surface area (Å²) >= 11 is 3.48. The number of rotatable bonds is 3. The number of piperidine rings is 1. The van der Waals surface area contributed by atoms with Crippen LogP contribution < -0.4 is 10.6 Å². The number of halogens is 2. The lowest BCUT2D eigenvalue weighted by molar-refractivity contribution is -0.118. The van der Waals surface area contributed by atoms with Crippen molar-refractivity contribution in [3.8, 4) is 0 Å². The third-order valence-corrected chi connectivity index (χ3v) is 5.30. The highest BCUT2D eigenvalue weighted by Crippen LogP contribution is 2.58. The van der Waals surface area contributed by atoms with Gasteiger partial charge in [0.2, 0.25) is 5.91 Å². The van der Waals surface area contributed by atoms with Crippen LogP contribution in [0.15, 0.2) is 22.7 Å². The van der Waals surface area contributed by atoms with Crippen LogP contribution in [-0.4, -0.2) is 19.0 Å². The second-order valence-corrected chi connectivity index (χ2v) is 6.93. The SMILES string of the molecule is CCc1cc(Br)ccc1NC(=O)C1CC12CCNCC2.Cl. The molecule has 0 aromatic heterocycles. The zero-order valence-corrected chi connectivity index (χ0v) is 14.6. The van der Waals surface area contributed by atoms with Crippen molar-refractivity contribution in [1.29, 1.82) is 0 Å². The van der Waals surface area contributed by atoms with Gasteiger partial charge in [-0.15, -0.1) is 12.4 Å². The van der Waals surface area contributed by atoms with E-state index < -0.39 is 0 Å². The zero-order valence-electron chi connectivity index (χ0n) is 12.2. The first-order chi connectivity index (χ1) is 9.64. The van der Waals surface area contributed by atoms with Crippen molar-refractivity contribution in [2.24, 2.45) is 11.3 Å². The Balaban J connectivity index is 0.00000161. The quantitative estimate of drug-likeness (QED) is 0.847. The monoisotopic (exact) mass is 372 g/mol. The molecule has 0 radical (unpaired) electrons. The molecule has 2 fully saturated rings. The second-order valence-electron chi connectivity index (χ2n) is 6.01. The first-order valence-corrected chi connectivity index (χ1v) is 8.24. The third kappa shape index (κ3) is 3.43. The molecule has 1 unspecified atom stereocenters. The molecule has 1 aliphatic heterocycles. The number of anilines is 1. The molecule has 21 heavy (non-hydrogen) atoms. The Labute approximate surface area is 140 Å². The van der Waals surface area contributed by atoms with E-state index in [1.807, 2.05) is 12.1 Å². The summed E-state index contributed by atoms with van der Waals surface area (Å²) in [5.74, 6) is 0.432. The van der Waals surface area contributed by atoms with Gasteiger partial charge >= 0.3 is 0 Å². The highest BCUT2D eigenvalue weighted by molar-refractivity contribution is 9.10. The van der Waals surface area contributed by atoms with Crippen LogP contribution in [0.3, 0.4) is 0 Å². The highest BCUT2D eigenvalue weighted by atomic mass is 79.9. The largest absolute Gasteiger partial charge is 0.326 e. The Morgan fingerprint density at radius 3 is 2.81 bits per heavy atom. The highest BCUT2D eigenvalue weighted by Gasteiger charge is 2.57. The Morgan fingerprint density at radius 2 is 2.14 bits per heavy atom. The van der Waals surface area contributed by atoms with E-state index in [1.54, 1.807) is 0 Å². The minimum atomic E-state index is 0. The molecule has 1 aliphatic carbocycles. The lowest BCUT2D eigenvalue weighted by Gasteiger charge is -2.23. The number of carbonyl (C=O) groups excluding carboxylic acids is 1. The van der Waals surface area contributed by atoms with E-state index in [2.05, 4.69) is 39.6 Å². The predicted octanol–water partition coefficient (Wildman–Crippen LogP) is 3.76. The van der Waals surface area contributed by atoms with Gasteiger partial charge in [0.15, 0.2) is 0 Å². The van der Waals surface area contributed by atoms with Crippen LogP contribution in [0.25, 0.3) is 0 Å². The number of aryl methyl sites for hydroxylation is 1. The van der Waals surface area contributed by atoms with E-state index >= 15 is 0 Å². The van der Waals surface area contributed by atoms with Gasteiger partial charge in [-0.3, -0.25) is 4.79 Å². The van der Waals surface area contributed by atoms with E-state index in [0.29, 0.717) is 5.41 Å². The van der Waals surface area contributed by atoms with Crippen LogP contribution in [0.5, 0.6) is 0 Å². The molecule has 3 rings (SSSR count). The maximum atomic E-state index is 12.5. The van der Waals surface area contributed by atoms with Crippen molar-refractivity contribution < 1.29 is 4.79 Å². The average Bonchev–Trinajstić information content (AvgIpc) is 3.15. The van der Waals surface area contributed by atoms with Crippen molar-refractivity contribution >= 4 is 39.9 Å². The molecule has 1 spiro atoms. The smallest absolute Gasteiger partial charge is 0.228 e. The summed E-state index contributed by atoms with van der Waals surface area (Å²) in [6, 6.07) is 6.07. The maximum Gasteiger partial charge on any atom is 0.228 e. The van der Waals surface area contributed by atoms with E-state index in [-0.39, 0.29) is 24.2 Å². The molecule has 0 bridgehead atoms. The molecule has 1 heterocycles. The van der Waals surface area contributed by atoms with Crippen molar-refractivity contribution in [3.63, 3.8) is 0 Å². The minimum Gasteiger partial charge on any atom is -0.326 e. The van der Waals surface area contributed by atoms with Crippen LogP contribution >= 0.6 is 28.3 Å². The number of nitrogens with one attached hydrogen (secondary N) is 2. The Bertz CT molecular complexity index is 529. The Morgan fingerprint density at radius 1 is 1.43 bits per heavy atom. The molecule has 1 saturated heterocycles. The second kappa shape index (κ2) is 6.67. The summed E-state index contributed by atoms with van der Waals surface area (Å²) in [6.07, 6.45) is 4.28. The van der Waals surface area contributed by atoms with Gasteiger partial charge in [-0.2, -0.15) is 0 Å². The van der Waals surface area contributed by atoms with Gasteiger partial charge in [-0.25, -0.2) is 0 Å². The van der Waals surface area contributed by atoms with Gasteiger partial charge < -0.3 is 10.6 Å². The minimum absolute atomic E-state index is 0. The third-order valence-electron chi connectivity index (χ3n) is 4.81. The summed E-state index contributed by atoms with van der Waals surface area (Å²) < 4.78 is 1.06. The number of hydrogen-bond donors (Lipinski definition) is 2. The Kier molecular flexibility index (Phi) is 5.33.